The molecule has 3 heterocycles. The zero-order chi connectivity index (χ0) is 22.1. The van der Waals surface area contributed by atoms with E-state index in [1.165, 1.54) is 0 Å². The van der Waals surface area contributed by atoms with Crippen LogP contribution in [0.15, 0.2) is 66.9 Å². The molecule has 0 unspecified atom stereocenters. The van der Waals surface area contributed by atoms with Gasteiger partial charge in [-0.15, -0.1) is 0 Å². The molecule has 0 saturated carbocycles. The number of rotatable bonds is 4. The number of aliphatic hydroxyl groups is 1. The number of benzene rings is 2. The molecular weight excluding hydrogens is 424 g/mol. The lowest BCUT2D eigenvalue weighted by Crippen LogP contribution is -2.40. The molecule has 2 aromatic carbocycles. The summed E-state index contributed by atoms with van der Waals surface area (Å²) in [6.45, 7) is 1.61. The third-order valence-corrected chi connectivity index (χ3v) is 6.16. The Hall–Kier alpha value is -3.22. The van der Waals surface area contributed by atoms with Crippen LogP contribution in [-0.4, -0.2) is 49.9 Å². The fourth-order valence-corrected chi connectivity index (χ4v) is 4.23. The van der Waals surface area contributed by atoms with Gasteiger partial charge in [-0.1, -0.05) is 54.1 Å². The number of pyridine rings is 1. The van der Waals surface area contributed by atoms with E-state index in [1.807, 2.05) is 70.2 Å². The molecule has 162 valence electrons. The Balaban J connectivity index is 1.59. The third-order valence-electron chi connectivity index (χ3n) is 5.91. The van der Waals surface area contributed by atoms with Crippen LogP contribution in [0.5, 0.6) is 0 Å². The molecule has 32 heavy (non-hydrogen) atoms. The molecule has 7 heteroatoms. The van der Waals surface area contributed by atoms with E-state index in [0.717, 1.165) is 22.2 Å². The summed E-state index contributed by atoms with van der Waals surface area (Å²) in [7, 11) is 0. The Bertz CT molecular complexity index is 1250. The average Bonchev–Trinajstić information content (AvgIpc) is 3.23. The highest BCUT2D eigenvalue weighted by Crippen LogP contribution is 2.27. The Kier molecular flexibility index (Phi) is 5.64. The van der Waals surface area contributed by atoms with E-state index < -0.39 is 0 Å². The summed E-state index contributed by atoms with van der Waals surface area (Å²) in [5.41, 5.74) is 3.98. The van der Waals surface area contributed by atoms with Crippen LogP contribution >= 0.6 is 11.6 Å². The number of hydrogen-bond donors (Lipinski definition) is 1. The predicted octanol–water partition coefficient (Wildman–Crippen LogP) is 4.40. The number of aliphatic hydroxyl groups excluding tert-OH is 1. The molecule has 4 aromatic rings. The van der Waals surface area contributed by atoms with Gasteiger partial charge < -0.3 is 10.0 Å². The van der Waals surface area contributed by atoms with Crippen molar-refractivity contribution in [2.45, 2.75) is 25.5 Å². The lowest BCUT2D eigenvalue weighted by atomic mass is 10.0. The summed E-state index contributed by atoms with van der Waals surface area (Å²) < 4.78 is 1.82. The highest BCUT2D eigenvalue weighted by atomic mass is 35.5. The first-order valence-electron chi connectivity index (χ1n) is 10.7. The monoisotopic (exact) mass is 446 g/mol. The zero-order valence-electron chi connectivity index (χ0n) is 17.5. The molecule has 1 N–H and O–H groups in total. The summed E-state index contributed by atoms with van der Waals surface area (Å²) >= 11 is 6.02. The molecule has 1 aliphatic heterocycles. The number of nitrogens with zero attached hydrogens (tertiary/aromatic N) is 4. The number of hydrogen-bond acceptors (Lipinski definition) is 4. The molecular formula is C25H23ClN4O2. The van der Waals surface area contributed by atoms with Gasteiger partial charge in [-0.2, -0.15) is 5.10 Å². The molecule has 6 nitrogen and oxygen atoms in total. The average molecular weight is 447 g/mol. The Morgan fingerprint density at radius 1 is 1.06 bits per heavy atom. The lowest BCUT2D eigenvalue weighted by Gasteiger charge is -2.29. The summed E-state index contributed by atoms with van der Waals surface area (Å²) in [6, 6.07) is 19.3. The first-order chi connectivity index (χ1) is 15.6. The van der Waals surface area contributed by atoms with Crippen LogP contribution < -0.4 is 0 Å². The number of carbonyl (C=O) groups excluding carboxylic acids is 1. The van der Waals surface area contributed by atoms with Crippen molar-refractivity contribution in [3.63, 3.8) is 0 Å². The van der Waals surface area contributed by atoms with E-state index >= 15 is 0 Å². The van der Waals surface area contributed by atoms with E-state index in [9.17, 15) is 9.90 Å². The molecule has 2 aromatic heterocycles. The van der Waals surface area contributed by atoms with Crippen molar-refractivity contribution >= 4 is 28.5 Å². The Morgan fingerprint density at radius 3 is 2.50 bits per heavy atom. The van der Waals surface area contributed by atoms with Gasteiger partial charge in [0.05, 0.1) is 35.5 Å². The normalized spacial score (nSPS) is 14.8. The second kappa shape index (κ2) is 8.73. The number of piperidine rings is 1. The topological polar surface area (TPSA) is 71.2 Å². The fourth-order valence-electron chi connectivity index (χ4n) is 4.10. The van der Waals surface area contributed by atoms with Crippen LogP contribution in [0.4, 0.5) is 0 Å². The molecule has 1 amide bonds. The van der Waals surface area contributed by atoms with Crippen molar-refractivity contribution in [2.75, 3.05) is 13.1 Å². The van der Waals surface area contributed by atoms with E-state index in [2.05, 4.69) is 5.10 Å². The summed E-state index contributed by atoms with van der Waals surface area (Å²) in [5, 5.41) is 15.8. The zero-order valence-corrected chi connectivity index (χ0v) is 18.2. The number of halogens is 1. The van der Waals surface area contributed by atoms with Gasteiger partial charge in [-0.05, 0) is 36.6 Å². The maximum Gasteiger partial charge on any atom is 0.254 e. The molecule has 0 radical (unpaired) electrons. The van der Waals surface area contributed by atoms with E-state index in [1.54, 1.807) is 6.20 Å². The largest absolute Gasteiger partial charge is 0.393 e. The number of fused-ring (bicyclic) bond motifs is 1. The molecule has 0 aliphatic carbocycles. The van der Waals surface area contributed by atoms with Gasteiger partial charge in [-0.25, -0.2) is 9.67 Å². The van der Waals surface area contributed by atoms with Crippen molar-refractivity contribution in [3.05, 3.63) is 83.0 Å². The summed E-state index contributed by atoms with van der Waals surface area (Å²) in [4.78, 5) is 20.2. The maximum absolute atomic E-state index is 13.5. The molecule has 1 saturated heterocycles. The van der Waals surface area contributed by atoms with Crippen LogP contribution in [-0.2, 0) is 6.54 Å². The predicted molar refractivity (Wildman–Crippen MR) is 125 cm³/mol. The minimum absolute atomic E-state index is 0.0486. The van der Waals surface area contributed by atoms with Gasteiger partial charge in [0, 0.05) is 23.7 Å². The Morgan fingerprint density at radius 2 is 1.78 bits per heavy atom. The first-order valence-corrected chi connectivity index (χ1v) is 11.1. The van der Waals surface area contributed by atoms with E-state index in [0.29, 0.717) is 48.7 Å². The number of carbonyl (C=O) groups is 1. The highest BCUT2D eigenvalue weighted by molar-refractivity contribution is 6.30. The van der Waals surface area contributed by atoms with Crippen molar-refractivity contribution in [2.24, 2.45) is 0 Å². The van der Waals surface area contributed by atoms with Gasteiger partial charge in [0.1, 0.15) is 0 Å². The fraction of sp³-hybridized carbons (Fsp3) is 0.240. The molecule has 0 bridgehead atoms. The first kappa shape index (κ1) is 20.7. The SMILES string of the molecule is O=C(c1cc(-c2ccccc2)nc2c1cnn2Cc1ccc(Cl)cc1)N1CCC(O)CC1. The summed E-state index contributed by atoms with van der Waals surface area (Å²) in [6.07, 6.45) is 2.58. The molecule has 1 aliphatic rings. The number of likely N-dealkylation sites (tertiary alicyclic amines) is 1. The smallest absolute Gasteiger partial charge is 0.254 e. The van der Waals surface area contributed by atoms with Crippen LogP contribution in [0, 0.1) is 0 Å². The number of aromatic nitrogens is 3. The minimum atomic E-state index is -0.335. The van der Waals surface area contributed by atoms with E-state index in [-0.39, 0.29) is 12.0 Å². The van der Waals surface area contributed by atoms with Gasteiger partial charge >= 0.3 is 0 Å². The second-order valence-electron chi connectivity index (χ2n) is 8.11. The third kappa shape index (κ3) is 4.11. The quantitative estimate of drug-likeness (QED) is 0.504. The standard InChI is InChI=1S/C25H23ClN4O2/c26-19-8-6-17(7-9-19)16-30-24-22(15-27-30)21(25(32)29-12-10-20(31)11-13-29)14-23(28-24)18-4-2-1-3-5-18/h1-9,14-15,20,31H,10-13,16H2. The van der Waals surface area contributed by atoms with Crippen LogP contribution in [0.3, 0.4) is 0 Å². The molecule has 0 spiro atoms. The lowest BCUT2D eigenvalue weighted by molar-refractivity contribution is 0.0548. The molecule has 5 rings (SSSR count). The van der Waals surface area contributed by atoms with Gasteiger partial charge in [-0.3, -0.25) is 4.79 Å². The van der Waals surface area contributed by atoms with Gasteiger partial charge in [0.25, 0.3) is 5.91 Å². The van der Waals surface area contributed by atoms with Crippen LogP contribution in [0.1, 0.15) is 28.8 Å². The summed E-state index contributed by atoms with van der Waals surface area (Å²) in [5.74, 6) is -0.0486. The van der Waals surface area contributed by atoms with Crippen LogP contribution in [0.25, 0.3) is 22.3 Å². The van der Waals surface area contributed by atoms with Crippen molar-refractivity contribution < 1.29 is 9.90 Å². The van der Waals surface area contributed by atoms with Crippen molar-refractivity contribution in [3.8, 4) is 11.3 Å². The van der Waals surface area contributed by atoms with Crippen molar-refractivity contribution in [1.82, 2.24) is 19.7 Å². The van der Waals surface area contributed by atoms with Gasteiger partial charge in [0.15, 0.2) is 5.65 Å². The second-order valence-corrected chi connectivity index (χ2v) is 8.55. The highest BCUT2D eigenvalue weighted by Gasteiger charge is 2.25. The Labute approximate surface area is 191 Å². The minimum Gasteiger partial charge on any atom is -0.393 e. The van der Waals surface area contributed by atoms with E-state index in [4.69, 9.17) is 16.6 Å². The van der Waals surface area contributed by atoms with Crippen LogP contribution in [0.2, 0.25) is 5.02 Å². The number of amides is 1. The molecule has 1 fully saturated rings. The van der Waals surface area contributed by atoms with Crippen molar-refractivity contribution in [1.29, 1.82) is 0 Å². The maximum atomic E-state index is 13.5. The van der Waals surface area contributed by atoms with Gasteiger partial charge in [0.2, 0.25) is 0 Å². The molecule has 0 atom stereocenters.